The molecular formula is C8H19KN2O5S. The van der Waals surface area contributed by atoms with E-state index in [-0.39, 0.29) is 71.1 Å². The summed E-state index contributed by atoms with van der Waals surface area (Å²) >= 11 is 0. The predicted octanol–water partition coefficient (Wildman–Crippen LogP) is -4.63. The topological polar surface area (TPSA) is 102 Å². The quantitative estimate of drug-likeness (QED) is 0.252. The van der Waals surface area contributed by atoms with Gasteiger partial charge in [0.25, 0.3) is 0 Å². The molecule has 0 aromatic rings. The molecule has 7 nitrogen and oxygen atoms in total. The molecule has 17 heavy (non-hydrogen) atoms. The van der Waals surface area contributed by atoms with Crippen molar-refractivity contribution in [1.82, 2.24) is 9.62 Å². The Morgan fingerprint density at radius 3 is 2.53 bits per heavy atom. The number of hydrogen-bond acceptors (Lipinski definition) is 6. The molecule has 0 aliphatic carbocycles. The number of nitrogens with zero attached hydrogens (tertiary/aromatic N) is 1. The summed E-state index contributed by atoms with van der Waals surface area (Å²) in [7, 11) is -2.72. The van der Waals surface area contributed by atoms with Crippen molar-refractivity contribution in [2.24, 2.45) is 0 Å². The summed E-state index contributed by atoms with van der Waals surface area (Å²) < 4.78 is 37.8. The molecule has 0 rings (SSSR count). The van der Waals surface area contributed by atoms with E-state index >= 15 is 0 Å². The largest absolute Gasteiger partial charge is 1.00 e. The van der Waals surface area contributed by atoms with Gasteiger partial charge in [0.05, 0.1) is 19.3 Å². The van der Waals surface area contributed by atoms with Crippen LogP contribution in [-0.4, -0.2) is 68.4 Å². The molecule has 0 aliphatic rings. The van der Waals surface area contributed by atoms with Gasteiger partial charge in [-0.05, 0) is 7.05 Å². The molecule has 9 heteroatoms. The predicted molar refractivity (Wildman–Crippen MR) is 57.7 cm³/mol. The van der Waals surface area contributed by atoms with Gasteiger partial charge in [-0.2, -0.15) is 0 Å². The van der Waals surface area contributed by atoms with Crippen molar-refractivity contribution in [3.63, 3.8) is 0 Å². The van der Waals surface area contributed by atoms with E-state index in [1.54, 1.807) is 7.05 Å². The van der Waals surface area contributed by atoms with E-state index in [9.17, 15) is 18.1 Å². The second-order valence-electron chi connectivity index (χ2n) is 3.24. The Morgan fingerprint density at radius 1 is 1.53 bits per heavy atom. The zero-order valence-corrected chi connectivity index (χ0v) is 14.5. The third-order valence-electron chi connectivity index (χ3n) is 1.89. The summed E-state index contributed by atoms with van der Waals surface area (Å²) in [4.78, 5) is 0. The van der Waals surface area contributed by atoms with Crippen LogP contribution in [0.25, 0.3) is 0 Å². The molecule has 1 atom stereocenters. The first kappa shape index (κ1) is 20.7. The van der Waals surface area contributed by atoms with Crippen molar-refractivity contribution in [1.29, 1.82) is 0 Å². The molecule has 0 saturated carbocycles. The fourth-order valence-electron chi connectivity index (χ4n) is 1.06. The average Bonchev–Trinajstić information content (AvgIpc) is 2.19. The van der Waals surface area contributed by atoms with Crippen LogP contribution in [0.3, 0.4) is 0 Å². The molecule has 0 saturated heterocycles. The van der Waals surface area contributed by atoms with Gasteiger partial charge in [0.2, 0.25) is 0 Å². The van der Waals surface area contributed by atoms with Crippen molar-refractivity contribution in [2.75, 3.05) is 39.9 Å². The van der Waals surface area contributed by atoms with Crippen molar-refractivity contribution in [3.05, 3.63) is 0 Å². The monoisotopic (exact) mass is 294 g/mol. The van der Waals surface area contributed by atoms with Crippen LogP contribution < -0.4 is 56.7 Å². The fraction of sp³-hybridized carbons (Fsp3) is 1.00. The van der Waals surface area contributed by atoms with Gasteiger partial charge in [-0.25, -0.2) is 12.7 Å². The standard InChI is InChI=1S/C8H20N2O5S.K/c1-3-10(16(12,13)14)6-8(11)7-15-5-4-9-2;/h8-9,11H,3-7H2,1-2H3,(H,12,13,14);/q;+1/p-1. The second-order valence-corrected chi connectivity index (χ2v) is 4.61. The van der Waals surface area contributed by atoms with E-state index in [2.05, 4.69) is 5.32 Å². The van der Waals surface area contributed by atoms with Crippen molar-refractivity contribution in [2.45, 2.75) is 13.0 Å². The molecular weight excluding hydrogens is 275 g/mol. The van der Waals surface area contributed by atoms with Crippen LogP contribution in [0, 0.1) is 0 Å². The first-order chi connectivity index (χ1) is 7.41. The van der Waals surface area contributed by atoms with Crippen molar-refractivity contribution in [3.8, 4) is 0 Å². The minimum atomic E-state index is -4.49. The summed E-state index contributed by atoms with van der Waals surface area (Å²) in [5, 5.41) is 12.3. The summed E-state index contributed by atoms with van der Waals surface area (Å²) in [6, 6.07) is 0. The third kappa shape index (κ3) is 11.0. The van der Waals surface area contributed by atoms with Crippen LogP contribution in [-0.2, 0) is 15.0 Å². The Bertz CT molecular complexity index is 275. The van der Waals surface area contributed by atoms with E-state index in [1.807, 2.05) is 0 Å². The molecule has 0 aromatic carbocycles. The Hall–Kier alpha value is 1.39. The van der Waals surface area contributed by atoms with Crippen molar-refractivity contribution >= 4 is 10.3 Å². The molecule has 0 bridgehead atoms. The van der Waals surface area contributed by atoms with E-state index in [4.69, 9.17) is 4.74 Å². The van der Waals surface area contributed by atoms with Gasteiger partial charge in [-0.1, -0.05) is 6.92 Å². The van der Waals surface area contributed by atoms with Gasteiger partial charge in [-0.3, -0.25) is 0 Å². The zero-order chi connectivity index (χ0) is 12.6. The van der Waals surface area contributed by atoms with Crippen LogP contribution >= 0.6 is 0 Å². The average molecular weight is 294 g/mol. The maximum atomic E-state index is 10.7. The molecule has 98 valence electrons. The van der Waals surface area contributed by atoms with E-state index in [0.717, 1.165) is 0 Å². The molecule has 0 heterocycles. The molecule has 0 aliphatic heterocycles. The minimum absolute atomic E-state index is 0. The Kier molecular flexibility index (Phi) is 13.7. The molecule has 0 amide bonds. The Balaban J connectivity index is 0. The fourth-order valence-corrected chi connectivity index (χ4v) is 1.73. The van der Waals surface area contributed by atoms with Gasteiger partial charge in [0.1, 0.15) is 0 Å². The molecule has 0 fully saturated rings. The number of hydrogen-bond donors (Lipinski definition) is 2. The SMILES string of the molecule is CCN(CC(O)COCCNC)S(=O)(=O)[O-].[K+]. The molecule has 0 aromatic heterocycles. The smallest absolute Gasteiger partial charge is 0.735 e. The second kappa shape index (κ2) is 11.2. The van der Waals surface area contributed by atoms with Crippen molar-refractivity contribution < 1.29 is 74.2 Å². The minimum Gasteiger partial charge on any atom is -0.735 e. The maximum Gasteiger partial charge on any atom is 1.00 e. The van der Waals surface area contributed by atoms with Gasteiger partial charge in [0, 0.05) is 19.6 Å². The first-order valence-corrected chi connectivity index (χ1v) is 6.39. The number of aliphatic hydroxyl groups excluding tert-OH is 1. The van der Waals surface area contributed by atoms with Crippen LogP contribution in [0.15, 0.2) is 0 Å². The molecule has 0 spiro atoms. The third-order valence-corrected chi connectivity index (χ3v) is 2.93. The maximum absolute atomic E-state index is 10.7. The van der Waals surface area contributed by atoms with E-state index in [1.165, 1.54) is 6.92 Å². The van der Waals surface area contributed by atoms with Crippen LogP contribution in [0.5, 0.6) is 0 Å². The number of likely N-dealkylation sites (N-methyl/N-ethyl adjacent to an activating group) is 2. The van der Waals surface area contributed by atoms with Crippen LogP contribution in [0.1, 0.15) is 6.92 Å². The molecule has 2 N–H and O–H groups in total. The summed E-state index contributed by atoms with van der Waals surface area (Å²) in [5.41, 5.74) is 0. The Morgan fingerprint density at radius 2 is 2.12 bits per heavy atom. The summed E-state index contributed by atoms with van der Waals surface area (Å²) in [6.45, 7) is 2.41. The number of ether oxygens (including phenoxy) is 1. The number of aliphatic hydroxyl groups is 1. The van der Waals surface area contributed by atoms with Crippen LogP contribution in [0.2, 0.25) is 0 Å². The Labute approximate surface area is 145 Å². The zero-order valence-electron chi connectivity index (χ0n) is 10.5. The number of nitrogens with one attached hydrogen (secondary N) is 1. The normalized spacial score (nSPS) is 13.5. The number of rotatable bonds is 9. The van der Waals surface area contributed by atoms with Gasteiger partial charge in [-0.15, -0.1) is 0 Å². The first-order valence-electron chi connectivity index (χ1n) is 5.03. The molecule has 0 radical (unpaired) electrons. The van der Waals surface area contributed by atoms with Gasteiger partial charge < -0.3 is 19.7 Å². The summed E-state index contributed by atoms with van der Waals surface area (Å²) in [5.74, 6) is 0. The van der Waals surface area contributed by atoms with E-state index < -0.39 is 16.4 Å². The van der Waals surface area contributed by atoms with Gasteiger partial charge >= 0.3 is 51.4 Å². The van der Waals surface area contributed by atoms with E-state index in [0.29, 0.717) is 17.5 Å². The van der Waals surface area contributed by atoms with Crippen LogP contribution in [0.4, 0.5) is 0 Å². The van der Waals surface area contributed by atoms with Gasteiger partial charge in [0.15, 0.2) is 10.3 Å². The molecule has 1 unspecified atom stereocenters. The summed E-state index contributed by atoms with van der Waals surface area (Å²) in [6.07, 6.45) is -0.986.